The quantitative estimate of drug-likeness (QED) is 0.579. The fourth-order valence-corrected chi connectivity index (χ4v) is 4.20. The number of nitrogens with zero attached hydrogens (tertiary/aromatic N) is 2. The lowest BCUT2D eigenvalue weighted by Crippen LogP contribution is -2.48. The first kappa shape index (κ1) is 21.4. The van der Waals surface area contributed by atoms with Crippen LogP contribution in [-0.4, -0.2) is 49.4 Å². The summed E-state index contributed by atoms with van der Waals surface area (Å²) in [7, 11) is 0. The minimum atomic E-state index is -0.135. The lowest BCUT2D eigenvalue weighted by Gasteiger charge is -2.35. The summed E-state index contributed by atoms with van der Waals surface area (Å²) in [5.74, 6) is -0.181. The molecule has 31 heavy (non-hydrogen) atoms. The van der Waals surface area contributed by atoms with E-state index in [9.17, 15) is 9.59 Å². The largest absolute Gasteiger partial charge is 0.369 e. The Kier molecular flexibility index (Phi) is 6.86. The Labute approximate surface area is 190 Å². The van der Waals surface area contributed by atoms with Gasteiger partial charge in [0.25, 0.3) is 5.91 Å². The van der Waals surface area contributed by atoms with Gasteiger partial charge in [0.2, 0.25) is 5.91 Å². The highest BCUT2D eigenvalue weighted by Gasteiger charge is 2.19. The SMILES string of the molecule is O=C(CN1CCN(c2ccc(Cl)cc2)CC1)Nc1ccc(NC(=O)c2cccs2)cc1. The Morgan fingerprint density at radius 1 is 0.871 bits per heavy atom. The van der Waals surface area contributed by atoms with E-state index in [1.165, 1.54) is 11.3 Å². The molecule has 2 aromatic carbocycles. The zero-order chi connectivity index (χ0) is 21.6. The molecule has 8 heteroatoms. The first-order valence-corrected chi connectivity index (χ1v) is 11.3. The number of rotatable bonds is 6. The van der Waals surface area contributed by atoms with E-state index in [-0.39, 0.29) is 11.8 Å². The fraction of sp³-hybridized carbons (Fsp3) is 0.217. The molecule has 0 atom stereocenters. The molecular formula is C23H23ClN4O2S. The Balaban J connectivity index is 1.23. The molecule has 2 N–H and O–H groups in total. The third-order valence-corrected chi connectivity index (χ3v) is 6.22. The topological polar surface area (TPSA) is 64.7 Å². The van der Waals surface area contributed by atoms with Gasteiger partial charge in [0.1, 0.15) is 0 Å². The molecule has 1 fully saturated rings. The van der Waals surface area contributed by atoms with Crippen molar-refractivity contribution >= 4 is 51.8 Å². The van der Waals surface area contributed by atoms with E-state index in [1.807, 2.05) is 35.7 Å². The summed E-state index contributed by atoms with van der Waals surface area (Å²) in [6.45, 7) is 3.74. The van der Waals surface area contributed by atoms with Crippen molar-refractivity contribution in [2.24, 2.45) is 0 Å². The summed E-state index contributed by atoms with van der Waals surface area (Å²) in [6, 6.07) is 18.6. The van der Waals surface area contributed by atoms with Crippen LogP contribution in [0.4, 0.5) is 17.1 Å². The highest BCUT2D eigenvalue weighted by Crippen LogP contribution is 2.20. The van der Waals surface area contributed by atoms with Crippen LogP contribution < -0.4 is 15.5 Å². The Bertz CT molecular complexity index is 1010. The molecule has 6 nitrogen and oxygen atoms in total. The molecule has 0 aliphatic carbocycles. The van der Waals surface area contributed by atoms with Crippen LogP contribution in [0.2, 0.25) is 5.02 Å². The van der Waals surface area contributed by atoms with E-state index in [2.05, 4.69) is 20.4 Å². The van der Waals surface area contributed by atoms with Gasteiger partial charge in [0.15, 0.2) is 0 Å². The van der Waals surface area contributed by atoms with E-state index in [1.54, 1.807) is 30.3 Å². The number of amides is 2. The minimum absolute atomic E-state index is 0.0460. The number of benzene rings is 2. The molecule has 0 unspecified atom stereocenters. The van der Waals surface area contributed by atoms with Gasteiger partial charge in [-0.15, -0.1) is 11.3 Å². The molecule has 2 heterocycles. The van der Waals surface area contributed by atoms with E-state index >= 15 is 0 Å². The van der Waals surface area contributed by atoms with E-state index in [0.29, 0.717) is 22.8 Å². The van der Waals surface area contributed by atoms with Crippen LogP contribution in [0.3, 0.4) is 0 Å². The number of nitrogens with one attached hydrogen (secondary N) is 2. The molecule has 0 bridgehead atoms. The number of hydrogen-bond donors (Lipinski definition) is 2. The second-order valence-electron chi connectivity index (χ2n) is 7.30. The third kappa shape index (κ3) is 5.85. The number of anilines is 3. The van der Waals surface area contributed by atoms with Gasteiger partial charge >= 0.3 is 0 Å². The smallest absolute Gasteiger partial charge is 0.265 e. The lowest BCUT2D eigenvalue weighted by molar-refractivity contribution is -0.117. The Morgan fingerprint density at radius 3 is 2.13 bits per heavy atom. The van der Waals surface area contributed by atoms with E-state index in [0.717, 1.165) is 36.9 Å². The van der Waals surface area contributed by atoms with Gasteiger partial charge < -0.3 is 15.5 Å². The normalized spacial score (nSPS) is 14.3. The molecule has 3 aromatic rings. The van der Waals surface area contributed by atoms with Crippen LogP contribution in [0.1, 0.15) is 9.67 Å². The van der Waals surface area contributed by atoms with Crippen molar-refractivity contribution < 1.29 is 9.59 Å². The van der Waals surface area contributed by atoms with Crippen LogP contribution in [0.5, 0.6) is 0 Å². The van der Waals surface area contributed by atoms with Crippen molar-refractivity contribution in [3.8, 4) is 0 Å². The number of carbonyl (C=O) groups is 2. The maximum atomic E-state index is 12.4. The molecule has 2 amide bonds. The summed E-state index contributed by atoms with van der Waals surface area (Å²) in [5, 5.41) is 8.38. The third-order valence-electron chi connectivity index (χ3n) is 5.10. The van der Waals surface area contributed by atoms with Gasteiger partial charge in [-0.05, 0) is 60.0 Å². The van der Waals surface area contributed by atoms with Gasteiger partial charge in [0.05, 0.1) is 11.4 Å². The molecule has 1 aliphatic rings. The fourth-order valence-electron chi connectivity index (χ4n) is 3.46. The lowest BCUT2D eigenvalue weighted by atomic mass is 10.2. The summed E-state index contributed by atoms with van der Waals surface area (Å²) in [4.78, 5) is 29.7. The molecule has 1 saturated heterocycles. The second-order valence-corrected chi connectivity index (χ2v) is 8.68. The zero-order valence-corrected chi connectivity index (χ0v) is 18.5. The van der Waals surface area contributed by atoms with E-state index < -0.39 is 0 Å². The number of hydrogen-bond acceptors (Lipinski definition) is 5. The predicted octanol–water partition coefficient (Wildman–Crippen LogP) is 4.41. The van der Waals surface area contributed by atoms with Crippen LogP contribution in [0.15, 0.2) is 66.0 Å². The van der Waals surface area contributed by atoms with Gasteiger partial charge in [-0.25, -0.2) is 0 Å². The van der Waals surface area contributed by atoms with Crippen LogP contribution in [0, 0.1) is 0 Å². The van der Waals surface area contributed by atoms with Crippen LogP contribution in [0.25, 0.3) is 0 Å². The summed E-state index contributed by atoms with van der Waals surface area (Å²) in [6.07, 6.45) is 0. The summed E-state index contributed by atoms with van der Waals surface area (Å²) >= 11 is 7.36. The molecule has 1 aliphatic heterocycles. The van der Waals surface area contributed by atoms with Crippen LogP contribution >= 0.6 is 22.9 Å². The maximum Gasteiger partial charge on any atom is 0.265 e. The average molecular weight is 455 g/mol. The number of halogens is 1. The van der Waals surface area contributed by atoms with E-state index in [4.69, 9.17) is 11.6 Å². The van der Waals surface area contributed by atoms with Crippen molar-refractivity contribution in [2.75, 3.05) is 48.3 Å². The summed E-state index contributed by atoms with van der Waals surface area (Å²) < 4.78 is 0. The molecular weight excluding hydrogens is 432 g/mol. The first-order valence-electron chi connectivity index (χ1n) is 10.0. The van der Waals surface area contributed by atoms with Crippen molar-refractivity contribution in [1.82, 2.24) is 4.90 Å². The van der Waals surface area contributed by atoms with Crippen molar-refractivity contribution in [3.05, 3.63) is 75.9 Å². The van der Waals surface area contributed by atoms with Crippen molar-refractivity contribution in [1.29, 1.82) is 0 Å². The molecule has 1 aromatic heterocycles. The number of thiophene rings is 1. The average Bonchev–Trinajstić information content (AvgIpc) is 3.31. The summed E-state index contributed by atoms with van der Waals surface area (Å²) in [5.41, 5.74) is 2.55. The second kappa shape index (κ2) is 9.96. The Hall–Kier alpha value is -2.87. The molecule has 160 valence electrons. The predicted molar refractivity (Wildman–Crippen MR) is 127 cm³/mol. The van der Waals surface area contributed by atoms with Crippen LogP contribution in [-0.2, 0) is 4.79 Å². The first-order chi connectivity index (χ1) is 15.1. The highest BCUT2D eigenvalue weighted by atomic mass is 35.5. The Morgan fingerprint density at radius 2 is 1.52 bits per heavy atom. The van der Waals surface area contributed by atoms with Crippen molar-refractivity contribution in [2.45, 2.75) is 0 Å². The molecule has 0 spiro atoms. The van der Waals surface area contributed by atoms with Gasteiger partial charge in [0, 0.05) is 48.3 Å². The molecule has 0 saturated carbocycles. The van der Waals surface area contributed by atoms with Gasteiger partial charge in [-0.1, -0.05) is 17.7 Å². The monoisotopic (exact) mass is 454 g/mol. The highest BCUT2D eigenvalue weighted by molar-refractivity contribution is 7.12. The van der Waals surface area contributed by atoms with Gasteiger partial charge in [-0.3, -0.25) is 14.5 Å². The number of carbonyl (C=O) groups excluding carboxylic acids is 2. The standard InChI is InChI=1S/C23H23ClN4O2S/c24-17-3-9-20(10-4-17)28-13-11-27(12-14-28)16-22(29)25-18-5-7-19(8-6-18)26-23(30)21-2-1-15-31-21/h1-10,15H,11-14,16H2,(H,25,29)(H,26,30). The molecule has 4 rings (SSSR count). The number of piperazine rings is 1. The minimum Gasteiger partial charge on any atom is -0.369 e. The maximum absolute atomic E-state index is 12.4. The molecule has 0 radical (unpaired) electrons. The van der Waals surface area contributed by atoms with Crippen molar-refractivity contribution in [3.63, 3.8) is 0 Å². The zero-order valence-electron chi connectivity index (χ0n) is 16.9. The van der Waals surface area contributed by atoms with Gasteiger partial charge in [-0.2, -0.15) is 0 Å².